The smallest absolute Gasteiger partial charge is 0.303 e. The van der Waals surface area contributed by atoms with Crippen molar-refractivity contribution in [3.8, 4) is 0 Å². The van der Waals surface area contributed by atoms with E-state index in [9.17, 15) is 14.7 Å². The van der Waals surface area contributed by atoms with Crippen molar-refractivity contribution in [2.75, 3.05) is 32.8 Å². The summed E-state index contributed by atoms with van der Waals surface area (Å²) in [6.45, 7) is 4.26. The molecule has 3 unspecified atom stereocenters. The quantitative estimate of drug-likeness (QED) is 0.374. The van der Waals surface area contributed by atoms with Crippen LogP contribution >= 0.6 is 0 Å². The average molecular weight is 569 g/mol. The van der Waals surface area contributed by atoms with Gasteiger partial charge in [0, 0.05) is 63.8 Å². The zero-order chi connectivity index (χ0) is 28.7. The monoisotopic (exact) mass is 568 g/mol. The number of carbonyl (C=O) groups excluding carboxylic acids is 1. The number of likely N-dealkylation sites (tertiary alicyclic amines) is 1. The number of aliphatic hydroxyl groups is 1. The van der Waals surface area contributed by atoms with Crippen LogP contribution < -0.4 is 5.32 Å². The van der Waals surface area contributed by atoms with Crippen LogP contribution in [0.2, 0.25) is 0 Å². The molecule has 41 heavy (non-hydrogen) atoms. The molecule has 1 spiro atoms. The van der Waals surface area contributed by atoms with Crippen molar-refractivity contribution in [1.29, 1.82) is 0 Å². The Labute approximate surface area is 240 Å². The second kappa shape index (κ2) is 13.9. The number of aliphatic hydroxyl groups excluding tert-OH is 1. The molecule has 3 aliphatic heterocycles. The van der Waals surface area contributed by atoms with Gasteiger partial charge in [-0.1, -0.05) is 48.5 Å². The summed E-state index contributed by atoms with van der Waals surface area (Å²) in [5.74, 6) is -1.47. The van der Waals surface area contributed by atoms with Crippen molar-refractivity contribution < 1.29 is 38.7 Å². The van der Waals surface area contributed by atoms with Crippen molar-refractivity contribution >= 4 is 11.9 Å². The maximum atomic E-state index is 12.0. The van der Waals surface area contributed by atoms with Crippen molar-refractivity contribution in [3.63, 3.8) is 0 Å². The minimum absolute atomic E-state index is 0.000811. The Morgan fingerprint density at radius 3 is 2.22 bits per heavy atom. The Kier molecular flexibility index (Phi) is 10.0. The van der Waals surface area contributed by atoms with Gasteiger partial charge in [-0.2, -0.15) is 0 Å². The van der Waals surface area contributed by atoms with Gasteiger partial charge in [-0.3, -0.25) is 9.59 Å². The summed E-state index contributed by atoms with van der Waals surface area (Å²) < 4.78 is 24.8. The molecule has 3 atom stereocenters. The number of amides is 1. The molecule has 0 aromatic heterocycles. The maximum Gasteiger partial charge on any atom is 0.303 e. The largest absolute Gasteiger partial charge is 0.481 e. The molecule has 222 valence electrons. The maximum absolute atomic E-state index is 12.0. The predicted molar refractivity (Wildman–Crippen MR) is 149 cm³/mol. The van der Waals surface area contributed by atoms with E-state index in [1.807, 2.05) is 48.5 Å². The molecule has 0 radical (unpaired) electrons. The van der Waals surface area contributed by atoms with E-state index in [2.05, 4.69) is 10.2 Å². The van der Waals surface area contributed by atoms with Gasteiger partial charge in [0.15, 0.2) is 12.1 Å². The van der Waals surface area contributed by atoms with Gasteiger partial charge < -0.3 is 39.4 Å². The number of benzene rings is 2. The van der Waals surface area contributed by atoms with E-state index in [1.165, 1.54) is 0 Å². The third kappa shape index (κ3) is 8.12. The van der Waals surface area contributed by atoms with Crippen LogP contribution in [0.1, 0.15) is 73.2 Å². The SMILES string of the molecule is O=C(O)CCCC(=O)NCc1ccc(C2OC(CN3CCC4(CC3)OCCO4)CC(c3ccc(CO)cc3)O2)cc1. The first-order chi connectivity index (χ1) is 19.9. The number of carboxylic acid groups (broad SMARTS) is 1. The highest BCUT2D eigenvalue weighted by molar-refractivity contribution is 5.76. The molecule has 0 saturated carbocycles. The summed E-state index contributed by atoms with van der Waals surface area (Å²) in [7, 11) is 0. The summed E-state index contributed by atoms with van der Waals surface area (Å²) in [6, 6.07) is 15.7. The molecule has 2 aromatic carbocycles. The van der Waals surface area contributed by atoms with E-state index in [-0.39, 0.29) is 37.6 Å². The van der Waals surface area contributed by atoms with Crippen LogP contribution in [0.25, 0.3) is 0 Å². The van der Waals surface area contributed by atoms with Gasteiger partial charge in [-0.25, -0.2) is 0 Å². The van der Waals surface area contributed by atoms with Crippen LogP contribution in [0, 0.1) is 0 Å². The number of piperidine rings is 1. The first-order valence-electron chi connectivity index (χ1n) is 14.5. The molecular weight excluding hydrogens is 528 g/mol. The molecule has 3 N–H and O–H groups in total. The van der Waals surface area contributed by atoms with E-state index in [0.717, 1.165) is 61.2 Å². The molecular formula is C31H40N2O8. The molecule has 10 heteroatoms. The van der Waals surface area contributed by atoms with Gasteiger partial charge >= 0.3 is 5.97 Å². The summed E-state index contributed by atoms with van der Waals surface area (Å²) in [6.07, 6.45) is 2.17. The number of rotatable bonds is 11. The topological polar surface area (TPSA) is 127 Å². The lowest BCUT2D eigenvalue weighted by Crippen LogP contribution is -2.48. The van der Waals surface area contributed by atoms with E-state index in [0.29, 0.717) is 26.2 Å². The Hall–Kier alpha value is -2.86. The van der Waals surface area contributed by atoms with Gasteiger partial charge in [-0.05, 0) is 23.1 Å². The van der Waals surface area contributed by atoms with E-state index < -0.39 is 18.0 Å². The lowest BCUT2D eigenvalue weighted by atomic mass is 9.98. The van der Waals surface area contributed by atoms with Crippen LogP contribution in [-0.4, -0.2) is 71.7 Å². The first-order valence-corrected chi connectivity index (χ1v) is 14.5. The van der Waals surface area contributed by atoms with Gasteiger partial charge in [0.2, 0.25) is 5.91 Å². The zero-order valence-corrected chi connectivity index (χ0v) is 23.3. The highest BCUT2D eigenvalue weighted by Gasteiger charge is 2.41. The number of carboxylic acids is 1. The number of carbonyl (C=O) groups is 2. The lowest BCUT2D eigenvalue weighted by molar-refractivity contribution is -0.255. The minimum atomic E-state index is -0.898. The number of hydrogen-bond donors (Lipinski definition) is 3. The number of nitrogens with one attached hydrogen (secondary N) is 1. The van der Waals surface area contributed by atoms with Crippen LogP contribution in [0.4, 0.5) is 0 Å². The van der Waals surface area contributed by atoms with Crippen molar-refractivity contribution in [2.24, 2.45) is 0 Å². The summed E-state index contributed by atoms with van der Waals surface area (Å²) >= 11 is 0. The van der Waals surface area contributed by atoms with Crippen LogP contribution in [-0.2, 0) is 41.7 Å². The molecule has 0 bridgehead atoms. The van der Waals surface area contributed by atoms with Crippen molar-refractivity contribution in [3.05, 3.63) is 70.8 Å². The van der Waals surface area contributed by atoms with Crippen molar-refractivity contribution in [2.45, 2.75) is 76.0 Å². The Bertz CT molecular complexity index is 1140. The van der Waals surface area contributed by atoms with Crippen LogP contribution in [0.15, 0.2) is 48.5 Å². The molecule has 10 nitrogen and oxygen atoms in total. The van der Waals surface area contributed by atoms with Crippen LogP contribution in [0.5, 0.6) is 0 Å². The molecule has 3 saturated heterocycles. The van der Waals surface area contributed by atoms with Gasteiger partial charge in [-0.15, -0.1) is 0 Å². The predicted octanol–water partition coefficient (Wildman–Crippen LogP) is 3.43. The third-order valence-electron chi connectivity index (χ3n) is 8.04. The second-order valence-electron chi connectivity index (χ2n) is 11.0. The van der Waals surface area contributed by atoms with Gasteiger partial charge in [0.25, 0.3) is 0 Å². The summed E-state index contributed by atoms with van der Waals surface area (Å²) in [5.41, 5.74) is 3.74. The summed E-state index contributed by atoms with van der Waals surface area (Å²) in [5, 5.41) is 21.0. The Morgan fingerprint density at radius 2 is 1.56 bits per heavy atom. The minimum Gasteiger partial charge on any atom is -0.481 e. The first kappa shape index (κ1) is 29.6. The third-order valence-corrected chi connectivity index (χ3v) is 8.04. The molecule has 2 aromatic rings. The molecule has 3 fully saturated rings. The van der Waals surface area contributed by atoms with Crippen LogP contribution in [0.3, 0.4) is 0 Å². The standard InChI is InChI=1S/C31H40N2O8/c34-21-23-6-8-24(9-7-23)27-18-26(20-33-14-12-31(13-15-33)38-16-17-39-31)40-30(41-27)25-10-4-22(5-11-25)19-32-28(35)2-1-3-29(36)37/h4-11,26-27,30,34H,1-3,12-21H2,(H,32,35)(H,36,37). The number of nitrogens with zero attached hydrogens (tertiary/aromatic N) is 1. The average Bonchev–Trinajstić information content (AvgIpc) is 3.45. The molecule has 3 aliphatic rings. The fourth-order valence-corrected chi connectivity index (χ4v) is 5.66. The molecule has 3 heterocycles. The number of ether oxygens (including phenoxy) is 4. The zero-order valence-electron chi connectivity index (χ0n) is 23.3. The summed E-state index contributed by atoms with van der Waals surface area (Å²) in [4.78, 5) is 25.1. The lowest BCUT2D eigenvalue weighted by Gasteiger charge is -2.41. The highest BCUT2D eigenvalue weighted by Crippen LogP contribution is 2.39. The Balaban J connectivity index is 1.21. The van der Waals surface area contributed by atoms with E-state index in [1.54, 1.807) is 0 Å². The molecule has 5 rings (SSSR count). The van der Waals surface area contributed by atoms with E-state index in [4.69, 9.17) is 24.1 Å². The van der Waals surface area contributed by atoms with E-state index >= 15 is 0 Å². The second-order valence-corrected chi connectivity index (χ2v) is 11.0. The fourth-order valence-electron chi connectivity index (χ4n) is 5.66. The highest BCUT2D eigenvalue weighted by atomic mass is 16.7. The fraction of sp³-hybridized carbons (Fsp3) is 0.548. The number of aliphatic carboxylic acids is 1. The normalized spacial score (nSPS) is 24.4. The number of hydrogen-bond acceptors (Lipinski definition) is 8. The van der Waals surface area contributed by atoms with Crippen molar-refractivity contribution in [1.82, 2.24) is 10.2 Å². The Morgan fingerprint density at radius 1 is 0.902 bits per heavy atom. The van der Waals surface area contributed by atoms with Gasteiger partial charge in [0.05, 0.1) is 32.0 Å². The van der Waals surface area contributed by atoms with Gasteiger partial charge in [0.1, 0.15) is 0 Å². The molecule has 0 aliphatic carbocycles. The molecule has 1 amide bonds.